The molecule has 1 aromatic rings. The van der Waals surface area contributed by atoms with Crippen molar-refractivity contribution in [2.75, 3.05) is 21.3 Å². The third kappa shape index (κ3) is 2.54. The van der Waals surface area contributed by atoms with E-state index in [0.29, 0.717) is 29.2 Å². The van der Waals surface area contributed by atoms with E-state index >= 15 is 0 Å². The Labute approximate surface area is 140 Å². The van der Waals surface area contributed by atoms with Gasteiger partial charge in [0.25, 0.3) is 11.7 Å². The summed E-state index contributed by atoms with van der Waals surface area (Å²) in [6, 6.07) is 3.58. The van der Waals surface area contributed by atoms with Crippen LogP contribution in [0.25, 0.3) is 0 Å². The maximum Gasteiger partial charge on any atom is 0.299 e. The highest BCUT2D eigenvalue weighted by atomic mass is 16.5. The number of methoxy groups -OCH3 is 3. The second kappa shape index (κ2) is 6.39. The lowest BCUT2D eigenvalue weighted by atomic mass is 10.0. The molecule has 6 heteroatoms. The van der Waals surface area contributed by atoms with Crippen molar-refractivity contribution in [2.45, 2.75) is 19.4 Å². The highest BCUT2D eigenvalue weighted by Crippen LogP contribution is 2.39. The lowest BCUT2D eigenvalue weighted by Gasteiger charge is -2.22. The predicted molar refractivity (Wildman–Crippen MR) is 87.1 cm³/mol. The Morgan fingerprint density at radius 1 is 1.04 bits per heavy atom. The molecule has 1 aliphatic heterocycles. The molecule has 0 aromatic heterocycles. The van der Waals surface area contributed by atoms with E-state index in [9.17, 15) is 9.59 Å². The van der Waals surface area contributed by atoms with Gasteiger partial charge in [-0.2, -0.15) is 0 Å². The average molecular weight is 329 g/mol. The fourth-order valence-corrected chi connectivity index (χ4v) is 3.08. The number of ketones is 1. The number of Topliss-reactive ketones (excluding diaryl/α,β-unsaturated/α-hetero) is 1. The van der Waals surface area contributed by atoms with Gasteiger partial charge < -0.3 is 19.1 Å². The minimum absolute atomic E-state index is 0.286. The van der Waals surface area contributed by atoms with Crippen LogP contribution in [0.15, 0.2) is 35.6 Å². The van der Waals surface area contributed by atoms with Gasteiger partial charge in [-0.05, 0) is 30.5 Å². The smallest absolute Gasteiger partial charge is 0.299 e. The highest BCUT2D eigenvalue weighted by molar-refractivity contribution is 6.46. The third-order valence-corrected chi connectivity index (χ3v) is 4.22. The number of allylic oxidation sites excluding steroid dienone is 3. The number of ether oxygens (including phenoxy) is 3. The van der Waals surface area contributed by atoms with Crippen LogP contribution >= 0.6 is 0 Å². The van der Waals surface area contributed by atoms with Crippen LogP contribution in [0.4, 0.5) is 0 Å². The van der Waals surface area contributed by atoms with Gasteiger partial charge >= 0.3 is 0 Å². The van der Waals surface area contributed by atoms with E-state index in [4.69, 9.17) is 14.2 Å². The maximum atomic E-state index is 12.3. The molecule has 3 rings (SSSR count). The molecular formula is C18H19NO5. The number of nitrogens with zero attached hydrogens (tertiary/aromatic N) is 1. The average Bonchev–Trinajstić information content (AvgIpc) is 2.86. The number of hydrogen-bond acceptors (Lipinski definition) is 5. The molecule has 0 saturated heterocycles. The summed E-state index contributed by atoms with van der Waals surface area (Å²) in [7, 11) is 4.62. The maximum absolute atomic E-state index is 12.3. The van der Waals surface area contributed by atoms with Crippen molar-refractivity contribution in [3.63, 3.8) is 0 Å². The number of carbonyl (C=O) groups excluding carboxylic acids is 2. The quantitative estimate of drug-likeness (QED) is 0.775. The van der Waals surface area contributed by atoms with E-state index in [1.807, 2.05) is 6.08 Å². The number of rotatable bonds is 5. The normalized spacial score (nSPS) is 16.5. The molecule has 0 spiro atoms. The van der Waals surface area contributed by atoms with E-state index < -0.39 is 11.7 Å². The molecule has 1 heterocycles. The fraction of sp³-hybridized carbons (Fsp3) is 0.333. The van der Waals surface area contributed by atoms with Crippen molar-refractivity contribution < 1.29 is 23.8 Å². The molecular weight excluding hydrogens is 310 g/mol. The molecule has 1 aromatic carbocycles. The van der Waals surface area contributed by atoms with Crippen molar-refractivity contribution in [3.05, 3.63) is 41.1 Å². The van der Waals surface area contributed by atoms with Gasteiger partial charge in [-0.15, -0.1) is 0 Å². The summed E-state index contributed by atoms with van der Waals surface area (Å²) in [5, 5.41) is 0. The molecule has 2 aliphatic rings. The first-order chi connectivity index (χ1) is 11.6. The van der Waals surface area contributed by atoms with Gasteiger partial charge in [0.15, 0.2) is 11.5 Å². The largest absolute Gasteiger partial charge is 0.493 e. The summed E-state index contributed by atoms with van der Waals surface area (Å²) in [6.07, 6.45) is 5.18. The minimum atomic E-state index is -0.486. The van der Waals surface area contributed by atoms with Crippen LogP contribution in [0.2, 0.25) is 0 Å². The van der Waals surface area contributed by atoms with Crippen molar-refractivity contribution in [1.29, 1.82) is 0 Å². The molecule has 0 unspecified atom stereocenters. The minimum Gasteiger partial charge on any atom is -0.493 e. The summed E-state index contributed by atoms with van der Waals surface area (Å²) in [5.74, 6) is 0.604. The summed E-state index contributed by atoms with van der Waals surface area (Å²) in [5.41, 5.74) is 2.11. The van der Waals surface area contributed by atoms with Crippen molar-refractivity contribution in [1.82, 2.24) is 4.90 Å². The first-order valence-corrected chi connectivity index (χ1v) is 7.65. The zero-order valence-electron chi connectivity index (χ0n) is 13.9. The summed E-state index contributed by atoms with van der Waals surface area (Å²) in [6.45, 7) is 0.286. The summed E-state index contributed by atoms with van der Waals surface area (Å²) < 4.78 is 16.0. The lowest BCUT2D eigenvalue weighted by Crippen LogP contribution is -2.28. The van der Waals surface area contributed by atoms with Crippen LogP contribution in [0, 0.1) is 0 Å². The van der Waals surface area contributed by atoms with E-state index in [-0.39, 0.29) is 6.54 Å². The Balaban J connectivity index is 1.96. The van der Waals surface area contributed by atoms with Crippen LogP contribution in [-0.4, -0.2) is 37.9 Å². The Hall–Kier alpha value is -2.76. The lowest BCUT2D eigenvalue weighted by molar-refractivity contribution is -0.139. The van der Waals surface area contributed by atoms with Crippen LogP contribution in [0.3, 0.4) is 0 Å². The van der Waals surface area contributed by atoms with Crippen molar-refractivity contribution in [2.24, 2.45) is 0 Å². The van der Waals surface area contributed by atoms with Gasteiger partial charge in [0.05, 0.1) is 27.9 Å². The molecule has 1 amide bonds. The van der Waals surface area contributed by atoms with E-state index in [2.05, 4.69) is 0 Å². The Bertz CT molecular complexity index is 738. The monoisotopic (exact) mass is 329 g/mol. The molecule has 0 bridgehead atoms. The molecule has 126 valence electrons. The molecule has 1 aliphatic carbocycles. The zero-order chi connectivity index (χ0) is 17.3. The number of carbonyl (C=O) groups is 2. The zero-order valence-corrected chi connectivity index (χ0v) is 13.9. The van der Waals surface area contributed by atoms with Crippen LogP contribution in [-0.2, 0) is 16.1 Å². The van der Waals surface area contributed by atoms with Gasteiger partial charge in [-0.25, -0.2) is 0 Å². The first-order valence-electron chi connectivity index (χ1n) is 7.65. The number of hydrogen-bond donors (Lipinski definition) is 0. The fourth-order valence-electron chi connectivity index (χ4n) is 3.08. The number of amides is 1. The van der Waals surface area contributed by atoms with Crippen molar-refractivity contribution in [3.8, 4) is 17.2 Å². The van der Waals surface area contributed by atoms with Crippen molar-refractivity contribution >= 4 is 11.7 Å². The van der Waals surface area contributed by atoms with Gasteiger partial charge in [-0.3, -0.25) is 9.59 Å². The van der Waals surface area contributed by atoms with Gasteiger partial charge in [0.2, 0.25) is 5.75 Å². The van der Waals surface area contributed by atoms with E-state index in [1.165, 1.54) is 21.3 Å². The Morgan fingerprint density at radius 2 is 1.71 bits per heavy atom. The van der Waals surface area contributed by atoms with Crippen LogP contribution < -0.4 is 14.2 Å². The van der Waals surface area contributed by atoms with Crippen LogP contribution in [0.5, 0.6) is 17.2 Å². The molecule has 0 atom stereocenters. The summed E-state index contributed by atoms with van der Waals surface area (Å²) >= 11 is 0. The number of benzene rings is 1. The SMILES string of the molecule is COc1cc(CN2C(=O)C(=O)C3=C2CCC=C3)cc(OC)c1OC. The molecule has 0 saturated carbocycles. The van der Waals surface area contributed by atoms with Gasteiger partial charge in [0, 0.05) is 11.3 Å². The van der Waals surface area contributed by atoms with Crippen LogP contribution in [0.1, 0.15) is 18.4 Å². The van der Waals surface area contributed by atoms with E-state index in [1.54, 1.807) is 23.1 Å². The predicted octanol–water partition coefficient (Wildman–Crippen LogP) is 2.23. The molecule has 0 fully saturated rings. The Morgan fingerprint density at radius 3 is 2.29 bits per heavy atom. The van der Waals surface area contributed by atoms with E-state index in [0.717, 1.165) is 17.7 Å². The molecule has 0 N–H and O–H groups in total. The molecule has 6 nitrogen and oxygen atoms in total. The third-order valence-electron chi connectivity index (χ3n) is 4.22. The second-order valence-corrected chi connectivity index (χ2v) is 5.56. The molecule has 24 heavy (non-hydrogen) atoms. The molecule has 0 radical (unpaired) electrons. The standard InChI is InChI=1S/C18H19NO5/c1-22-14-8-11(9-15(23-2)17(14)24-3)10-19-13-7-5-4-6-12(13)16(20)18(19)21/h4,6,8-9H,5,7,10H2,1-3H3. The second-order valence-electron chi connectivity index (χ2n) is 5.56. The van der Waals surface area contributed by atoms with Gasteiger partial charge in [0.1, 0.15) is 0 Å². The first kappa shape index (κ1) is 16.1. The van der Waals surface area contributed by atoms with Gasteiger partial charge in [-0.1, -0.05) is 12.2 Å². The topological polar surface area (TPSA) is 65.1 Å². The summed E-state index contributed by atoms with van der Waals surface area (Å²) in [4.78, 5) is 26.0. The Kier molecular flexibility index (Phi) is 4.29. The highest BCUT2D eigenvalue weighted by Gasteiger charge is 2.37.